The molecule has 1 aliphatic rings. The van der Waals surface area contributed by atoms with Crippen LogP contribution in [0.3, 0.4) is 0 Å². The van der Waals surface area contributed by atoms with Gasteiger partial charge in [0, 0.05) is 43.7 Å². The molecule has 1 aliphatic carbocycles. The van der Waals surface area contributed by atoms with Gasteiger partial charge in [-0.3, -0.25) is 4.98 Å². The predicted molar refractivity (Wildman–Crippen MR) is 157 cm³/mol. The highest BCUT2D eigenvalue weighted by Gasteiger charge is 2.24. The molecule has 0 aliphatic heterocycles. The molecule has 0 saturated heterocycles. The lowest BCUT2D eigenvalue weighted by atomic mass is 9.95. The van der Waals surface area contributed by atoms with Crippen molar-refractivity contribution in [1.29, 1.82) is 0 Å². The molecule has 8 heteroatoms. The van der Waals surface area contributed by atoms with E-state index in [1.807, 2.05) is 67.7 Å². The third kappa shape index (κ3) is 6.46. The van der Waals surface area contributed by atoms with Gasteiger partial charge in [0.05, 0.1) is 6.61 Å². The van der Waals surface area contributed by atoms with Crippen molar-refractivity contribution in [2.75, 3.05) is 17.3 Å². The monoisotopic (exact) mass is 537 g/mol. The third-order valence-corrected chi connectivity index (χ3v) is 7.65. The van der Waals surface area contributed by atoms with Crippen molar-refractivity contribution in [2.45, 2.75) is 57.2 Å². The number of carbonyl (C=O) groups is 1. The molecule has 4 aromatic rings. The molecule has 0 amide bonds. The van der Waals surface area contributed by atoms with Crippen molar-refractivity contribution in [3.63, 3.8) is 0 Å². The number of aliphatic hydroxyl groups excluding tert-OH is 1. The maximum absolute atomic E-state index is 12.4. The molecule has 40 heavy (non-hydrogen) atoms. The summed E-state index contributed by atoms with van der Waals surface area (Å²) in [5.41, 5.74) is 5.34. The molecule has 5 rings (SSSR count). The highest BCUT2D eigenvalue weighted by atomic mass is 16.4. The molecular weight excluding hydrogens is 502 g/mol. The second kappa shape index (κ2) is 12.7. The number of benzene rings is 2. The first kappa shape index (κ1) is 27.3. The van der Waals surface area contributed by atoms with Crippen LogP contribution in [-0.2, 0) is 17.8 Å². The van der Waals surface area contributed by atoms with E-state index in [0.717, 1.165) is 46.2 Å². The molecule has 1 saturated carbocycles. The summed E-state index contributed by atoms with van der Waals surface area (Å²) in [5.74, 6) is 0.121. The van der Waals surface area contributed by atoms with Gasteiger partial charge in [0.15, 0.2) is 0 Å². The summed E-state index contributed by atoms with van der Waals surface area (Å²) in [6.45, 7) is -0.0133. The van der Waals surface area contributed by atoms with Crippen molar-refractivity contribution in [1.82, 2.24) is 15.0 Å². The molecule has 0 bridgehead atoms. The number of aliphatic carboxylic acids is 1. The Bertz CT molecular complexity index is 1420. The molecule has 3 N–H and O–H groups in total. The maximum Gasteiger partial charge on any atom is 0.326 e. The van der Waals surface area contributed by atoms with Crippen molar-refractivity contribution in [3.8, 4) is 22.3 Å². The Hall–Kier alpha value is -4.30. The minimum atomic E-state index is -0.957. The molecule has 8 nitrogen and oxygen atoms in total. The average Bonchev–Trinajstić information content (AvgIpc) is 3.01. The van der Waals surface area contributed by atoms with E-state index in [-0.39, 0.29) is 13.0 Å². The van der Waals surface area contributed by atoms with Gasteiger partial charge in [-0.2, -0.15) is 4.98 Å². The Labute approximate surface area is 234 Å². The number of carboxylic acids is 1. The summed E-state index contributed by atoms with van der Waals surface area (Å²) in [4.78, 5) is 28.2. The second-order valence-electron chi connectivity index (χ2n) is 10.4. The lowest BCUT2D eigenvalue weighted by Crippen LogP contribution is -2.35. The first-order valence-electron chi connectivity index (χ1n) is 13.8. The van der Waals surface area contributed by atoms with Crippen molar-refractivity contribution < 1.29 is 15.0 Å². The molecule has 2 heterocycles. The zero-order valence-electron chi connectivity index (χ0n) is 22.7. The van der Waals surface area contributed by atoms with Gasteiger partial charge in [-0.1, -0.05) is 61.7 Å². The number of hydrogen-bond donors (Lipinski definition) is 3. The van der Waals surface area contributed by atoms with Crippen molar-refractivity contribution in [3.05, 3.63) is 90.4 Å². The molecule has 206 valence electrons. The highest BCUT2D eigenvalue weighted by Crippen LogP contribution is 2.30. The summed E-state index contributed by atoms with van der Waals surface area (Å²) in [6, 6.07) is 18.8. The van der Waals surface area contributed by atoms with E-state index in [0.29, 0.717) is 17.8 Å². The first-order valence-corrected chi connectivity index (χ1v) is 13.8. The highest BCUT2D eigenvalue weighted by molar-refractivity contribution is 5.82. The van der Waals surface area contributed by atoms with Gasteiger partial charge in [0.2, 0.25) is 5.95 Å². The Morgan fingerprint density at radius 1 is 0.975 bits per heavy atom. The summed E-state index contributed by atoms with van der Waals surface area (Å²) in [5, 5.41) is 22.9. The number of carboxylic acid groups (broad SMARTS) is 1. The summed E-state index contributed by atoms with van der Waals surface area (Å²) >= 11 is 0. The third-order valence-electron chi connectivity index (χ3n) is 7.65. The van der Waals surface area contributed by atoms with E-state index < -0.39 is 12.0 Å². The minimum Gasteiger partial charge on any atom is -0.480 e. The van der Waals surface area contributed by atoms with Crippen LogP contribution in [-0.4, -0.2) is 50.3 Å². The Kier molecular flexibility index (Phi) is 8.66. The van der Waals surface area contributed by atoms with Gasteiger partial charge in [-0.15, -0.1) is 0 Å². The number of hydrogen-bond acceptors (Lipinski definition) is 7. The number of anilines is 2. The molecule has 0 spiro atoms. The Balaban J connectivity index is 1.40. The standard InChI is InChI=1S/C32H35N5O3/c1-37(27-8-3-2-4-9-27)32-34-20-28(25-14-16-33-17-15-25)30(36-32)35-29(31(39)40)19-22-10-12-24(13-11-22)26-7-5-6-23(18-26)21-38/h5-7,10-18,20,27,29,38H,2-4,8-9,19,21H2,1H3,(H,39,40)(H,34,35,36)/t29-/m0/s1. The molecule has 0 unspecified atom stereocenters. The lowest BCUT2D eigenvalue weighted by molar-refractivity contribution is -0.137. The van der Waals surface area contributed by atoms with E-state index in [1.54, 1.807) is 18.6 Å². The largest absolute Gasteiger partial charge is 0.480 e. The van der Waals surface area contributed by atoms with Gasteiger partial charge < -0.3 is 20.4 Å². The van der Waals surface area contributed by atoms with Gasteiger partial charge >= 0.3 is 5.97 Å². The number of aromatic nitrogens is 3. The summed E-state index contributed by atoms with van der Waals surface area (Å²) in [6.07, 6.45) is 11.3. The Morgan fingerprint density at radius 3 is 2.42 bits per heavy atom. The fraction of sp³-hybridized carbons (Fsp3) is 0.312. The van der Waals surface area contributed by atoms with Crippen LogP contribution in [0.15, 0.2) is 79.3 Å². The van der Waals surface area contributed by atoms with E-state index in [1.165, 1.54) is 19.3 Å². The molecular formula is C32H35N5O3. The van der Waals surface area contributed by atoms with Crippen LogP contribution in [0, 0.1) is 0 Å². The second-order valence-corrected chi connectivity index (χ2v) is 10.4. The quantitative estimate of drug-likeness (QED) is 0.241. The van der Waals surface area contributed by atoms with Crippen LogP contribution in [0.1, 0.15) is 43.2 Å². The number of nitrogens with one attached hydrogen (secondary N) is 1. The molecule has 2 aromatic heterocycles. The predicted octanol–water partition coefficient (Wildman–Crippen LogP) is 5.57. The van der Waals surface area contributed by atoms with Crippen LogP contribution in [0.2, 0.25) is 0 Å². The van der Waals surface area contributed by atoms with E-state index >= 15 is 0 Å². The van der Waals surface area contributed by atoms with Crippen LogP contribution in [0.5, 0.6) is 0 Å². The minimum absolute atomic E-state index is 0.0133. The normalized spacial score (nSPS) is 14.4. The fourth-order valence-corrected chi connectivity index (χ4v) is 5.31. The fourth-order valence-electron chi connectivity index (χ4n) is 5.31. The molecule has 1 fully saturated rings. The molecule has 2 aromatic carbocycles. The number of pyridine rings is 1. The van der Waals surface area contributed by atoms with E-state index in [2.05, 4.69) is 20.2 Å². The zero-order valence-corrected chi connectivity index (χ0v) is 22.7. The maximum atomic E-state index is 12.4. The lowest BCUT2D eigenvalue weighted by Gasteiger charge is -2.31. The SMILES string of the molecule is CN(c1ncc(-c2ccncc2)c(N[C@@H](Cc2ccc(-c3cccc(CO)c3)cc2)C(=O)O)n1)C1CCCCC1. The van der Waals surface area contributed by atoms with Crippen LogP contribution >= 0.6 is 0 Å². The van der Waals surface area contributed by atoms with E-state index in [4.69, 9.17) is 4.98 Å². The number of aliphatic hydroxyl groups is 1. The smallest absolute Gasteiger partial charge is 0.326 e. The van der Waals surface area contributed by atoms with Crippen LogP contribution in [0.4, 0.5) is 11.8 Å². The number of nitrogens with zero attached hydrogens (tertiary/aromatic N) is 4. The molecule has 0 radical (unpaired) electrons. The van der Waals surface area contributed by atoms with Gasteiger partial charge in [0.1, 0.15) is 11.9 Å². The first-order chi connectivity index (χ1) is 19.5. The van der Waals surface area contributed by atoms with Gasteiger partial charge in [0.25, 0.3) is 0 Å². The van der Waals surface area contributed by atoms with Crippen LogP contribution < -0.4 is 10.2 Å². The van der Waals surface area contributed by atoms with Crippen molar-refractivity contribution >= 4 is 17.7 Å². The molecule has 1 atom stereocenters. The topological polar surface area (TPSA) is 111 Å². The van der Waals surface area contributed by atoms with Crippen LogP contribution in [0.25, 0.3) is 22.3 Å². The van der Waals surface area contributed by atoms with Crippen molar-refractivity contribution in [2.24, 2.45) is 0 Å². The zero-order chi connectivity index (χ0) is 27.9. The van der Waals surface area contributed by atoms with E-state index in [9.17, 15) is 15.0 Å². The summed E-state index contributed by atoms with van der Waals surface area (Å²) < 4.78 is 0. The number of rotatable bonds is 10. The Morgan fingerprint density at radius 2 is 1.73 bits per heavy atom. The average molecular weight is 538 g/mol. The van der Waals surface area contributed by atoms with Gasteiger partial charge in [-0.25, -0.2) is 9.78 Å². The van der Waals surface area contributed by atoms with Gasteiger partial charge in [-0.05, 0) is 58.9 Å². The summed E-state index contributed by atoms with van der Waals surface area (Å²) in [7, 11) is 2.02.